The number of oxime groups is 1. The number of aromatic amines is 1. The third kappa shape index (κ3) is 3.40. The van der Waals surface area contributed by atoms with E-state index in [1.54, 1.807) is 6.92 Å². The number of amidine groups is 1. The van der Waals surface area contributed by atoms with Gasteiger partial charge in [-0.2, -0.15) is 0 Å². The Labute approximate surface area is 125 Å². The van der Waals surface area contributed by atoms with Gasteiger partial charge in [0.05, 0.1) is 5.56 Å². The minimum absolute atomic E-state index is 0.0301. The van der Waals surface area contributed by atoms with Gasteiger partial charge in [-0.05, 0) is 44.2 Å². The first-order chi connectivity index (χ1) is 9.90. The van der Waals surface area contributed by atoms with Gasteiger partial charge in [0.15, 0.2) is 11.0 Å². The van der Waals surface area contributed by atoms with E-state index < -0.39 is 0 Å². The van der Waals surface area contributed by atoms with Crippen LogP contribution in [-0.4, -0.2) is 26.0 Å². The predicted molar refractivity (Wildman–Crippen MR) is 79.9 cm³/mol. The lowest BCUT2D eigenvalue weighted by atomic mass is 10.1. The van der Waals surface area contributed by atoms with Crippen molar-refractivity contribution in [1.82, 2.24) is 15.0 Å². The van der Waals surface area contributed by atoms with E-state index >= 15 is 0 Å². The monoisotopic (exact) mass is 305 g/mol. The molecule has 0 aliphatic heterocycles. The number of rotatable bonds is 3. The van der Waals surface area contributed by atoms with Crippen molar-refractivity contribution in [3.8, 4) is 0 Å². The summed E-state index contributed by atoms with van der Waals surface area (Å²) in [6, 6.07) is 3.24. The van der Waals surface area contributed by atoms with Crippen molar-refractivity contribution in [2.24, 2.45) is 10.9 Å². The topological polar surface area (TPSA) is 117 Å². The second-order valence-corrected chi connectivity index (χ2v) is 5.52. The molecule has 0 fully saturated rings. The van der Waals surface area contributed by atoms with Gasteiger partial charge in [-0.25, -0.2) is 9.97 Å². The molecule has 0 atom stereocenters. The van der Waals surface area contributed by atoms with E-state index in [9.17, 15) is 4.79 Å². The molecular weight excluding hydrogens is 290 g/mol. The number of aromatic nitrogens is 3. The third-order valence-electron chi connectivity index (χ3n) is 2.72. The van der Waals surface area contributed by atoms with Gasteiger partial charge in [0.2, 0.25) is 0 Å². The lowest BCUT2D eigenvalue weighted by Gasteiger charge is -2.11. The molecule has 0 radical (unpaired) electrons. The average Bonchev–Trinajstić information content (AvgIpc) is 2.36. The van der Waals surface area contributed by atoms with Crippen LogP contribution in [0.25, 0.3) is 0 Å². The highest BCUT2D eigenvalue weighted by Gasteiger charge is 2.15. The molecule has 0 aliphatic carbocycles. The fraction of sp³-hybridized carbons (Fsp3) is 0.231. The van der Waals surface area contributed by atoms with Gasteiger partial charge in [0.25, 0.3) is 5.56 Å². The van der Waals surface area contributed by atoms with E-state index in [2.05, 4.69) is 20.1 Å². The van der Waals surface area contributed by atoms with E-state index in [1.807, 2.05) is 19.9 Å². The minimum atomic E-state index is -0.236. The highest BCUT2D eigenvalue weighted by molar-refractivity contribution is 7.99. The third-order valence-corrected chi connectivity index (χ3v) is 3.59. The molecule has 4 N–H and O–H groups in total. The van der Waals surface area contributed by atoms with Crippen molar-refractivity contribution >= 4 is 17.6 Å². The van der Waals surface area contributed by atoms with E-state index in [0.717, 1.165) is 23.0 Å². The van der Waals surface area contributed by atoms with Crippen LogP contribution < -0.4 is 11.3 Å². The summed E-state index contributed by atoms with van der Waals surface area (Å²) in [5.41, 5.74) is 8.23. The standard InChI is InChI=1S/C13H15N5O2S/c1-6-4-7(2)15-12(10(6)11(14)18-20)21-13-16-8(3)5-9(19)17-13/h4-5,20H,1-3H3,(H2,14,18)(H,16,17,19). The largest absolute Gasteiger partial charge is 0.409 e. The maximum absolute atomic E-state index is 11.5. The molecule has 0 unspecified atom stereocenters. The molecule has 21 heavy (non-hydrogen) atoms. The molecule has 7 nitrogen and oxygen atoms in total. The molecule has 0 spiro atoms. The molecule has 0 saturated heterocycles. The zero-order chi connectivity index (χ0) is 15.6. The maximum Gasteiger partial charge on any atom is 0.251 e. The number of nitrogens with two attached hydrogens (primary N) is 1. The number of hydrogen-bond donors (Lipinski definition) is 3. The van der Waals surface area contributed by atoms with Crippen LogP contribution in [0.1, 0.15) is 22.5 Å². The number of H-pyrrole nitrogens is 1. The minimum Gasteiger partial charge on any atom is -0.409 e. The first kappa shape index (κ1) is 15.0. The summed E-state index contributed by atoms with van der Waals surface area (Å²) >= 11 is 1.16. The molecule has 2 rings (SSSR count). The Balaban J connectivity index is 2.55. The second kappa shape index (κ2) is 5.96. The van der Waals surface area contributed by atoms with E-state index in [4.69, 9.17) is 10.9 Å². The van der Waals surface area contributed by atoms with Crippen LogP contribution >= 0.6 is 11.8 Å². The second-order valence-electron chi connectivity index (χ2n) is 4.54. The Morgan fingerprint density at radius 1 is 1.29 bits per heavy atom. The van der Waals surface area contributed by atoms with Crippen LogP contribution in [0.4, 0.5) is 0 Å². The van der Waals surface area contributed by atoms with Crippen molar-refractivity contribution in [3.63, 3.8) is 0 Å². The van der Waals surface area contributed by atoms with Crippen LogP contribution in [0, 0.1) is 20.8 Å². The van der Waals surface area contributed by atoms with Crippen molar-refractivity contribution in [2.75, 3.05) is 0 Å². The number of nitrogens with one attached hydrogen (secondary N) is 1. The fourth-order valence-electron chi connectivity index (χ4n) is 1.93. The number of nitrogens with zero attached hydrogens (tertiary/aromatic N) is 3. The van der Waals surface area contributed by atoms with Crippen molar-refractivity contribution in [2.45, 2.75) is 31.0 Å². The Bertz CT molecular complexity index is 770. The highest BCUT2D eigenvalue weighted by atomic mass is 32.2. The Hall–Kier alpha value is -2.35. The predicted octanol–water partition coefficient (Wildman–Crippen LogP) is 1.34. The molecule has 8 heteroatoms. The SMILES string of the molecule is Cc1cc(=O)[nH]c(Sc2nc(C)cc(C)c2C(N)=NO)n1. The Kier molecular flexibility index (Phi) is 4.27. The summed E-state index contributed by atoms with van der Waals surface area (Å²) in [6.07, 6.45) is 0. The Morgan fingerprint density at radius 2 is 1.95 bits per heavy atom. The summed E-state index contributed by atoms with van der Waals surface area (Å²) in [5, 5.41) is 12.9. The maximum atomic E-state index is 11.5. The molecule has 0 amide bonds. The van der Waals surface area contributed by atoms with Crippen LogP contribution in [-0.2, 0) is 0 Å². The van der Waals surface area contributed by atoms with E-state index in [-0.39, 0.29) is 11.4 Å². The average molecular weight is 305 g/mol. The summed E-state index contributed by atoms with van der Waals surface area (Å²) in [6.45, 7) is 5.43. The number of aryl methyl sites for hydroxylation is 3. The molecule has 0 aliphatic rings. The summed E-state index contributed by atoms with van der Waals surface area (Å²) in [5.74, 6) is -0.0301. The van der Waals surface area contributed by atoms with Crippen LogP contribution in [0.3, 0.4) is 0 Å². The van der Waals surface area contributed by atoms with Crippen LogP contribution in [0.5, 0.6) is 0 Å². The Morgan fingerprint density at radius 3 is 2.57 bits per heavy atom. The van der Waals surface area contributed by atoms with E-state index in [1.165, 1.54) is 6.07 Å². The van der Waals surface area contributed by atoms with Gasteiger partial charge in [-0.15, -0.1) is 0 Å². The molecule has 0 bridgehead atoms. The zero-order valence-corrected chi connectivity index (χ0v) is 12.7. The lowest BCUT2D eigenvalue weighted by Crippen LogP contribution is -2.17. The van der Waals surface area contributed by atoms with Crippen LogP contribution in [0.15, 0.2) is 32.3 Å². The first-order valence-corrected chi connectivity index (χ1v) is 6.94. The van der Waals surface area contributed by atoms with Crippen molar-refractivity contribution in [3.05, 3.63) is 45.0 Å². The molecule has 2 aromatic heterocycles. The summed E-state index contributed by atoms with van der Waals surface area (Å²) in [4.78, 5) is 22.8. The van der Waals surface area contributed by atoms with Gasteiger partial charge in [0.1, 0.15) is 5.03 Å². The molecule has 2 aromatic rings. The molecule has 2 heterocycles. The van der Waals surface area contributed by atoms with Gasteiger partial charge >= 0.3 is 0 Å². The van der Waals surface area contributed by atoms with E-state index in [0.29, 0.717) is 21.4 Å². The van der Waals surface area contributed by atoms with Gasteiger partial charge in [-0.1, -0.05) is 5.16 Å². The van der Waals surface area contributed by atoms with Crippen LogP contribution in [0.2, 0.25) is 0 Å². The molecule has 0 saturated carbocycles. The highest BCUT2D eigenvalue weighted by Crippen LogP contribution is 2.28. The lowest BCUT2D eigenvalue weighted by molar-refractivity contribution is 0.318. The zero-order valence-electron chi connectivity index (χ0n) is 11.8. The quantitative estimate of drug-likeness (QED) is 0.259. The van der Waals surface area contributed by atoms with Crippen molar-refractivity contribution < 1.29 is 5.21 Å². The van der Waals surface area contributed by atoms with Gasteiger partial charge in [0, 0.05) is 17.5 Å². The summed E-state index contributed by atoms with van der Waals surface area (Å²) < 4.78 is 0. The van der Waals surface area contributed by atoms with Gasteiger partial charge < -0.3 is 15.9 Å². The number of pyridine rings is 1. The first-order valence-electron chi connectivity index (χ1n) is 6.12. The molecule has 110 valence electrons. The normalized spacial score (nSPS) is 11.7. The fourth-order valence-corrected chi connectivity index (χ4v) is 3.01. The molecule has 0 aromatic carbocycles. The smallest absolute Gasteiger partial charge is 0.251 e. The van der Waals surface area contributed by atoms with Crippen molar-refractivity contribution in [1.29, 1.82) is 0 Å². The summed E-state index contributed by atoms with van der Waals surface area (Å²) in [7, 11) is 0. The molecular formula is C13H15N5O2S. The number of hydrogen-bond acceptors (Lipinski definition) is 6. The van der Waals surface area contributed by atoms with Gasteiger partial charge in [-0.3, -0.25) is 4.79 Å².